The number of hydrogen-bond donors (Lipinski definition) is 2. The summed E-state index contributed by atoms with van der Waals surface area (Å²) in [5.74, 6) is 1.33. The Morgan fingerprint density at radius 2 is 1.92 bits per heavy atom. The number of carbonyl (C=O) groups is 1. The summed E-state index contributed by atoms with van der Waals surface area (Å²) in [6.07, 6.45) is 2.93. The lowest BCUT2D eigenvalue weighted by atomic mass is 10.2. The van der Waals surface area contributed by atoms with Crippen LogP contribution in [0.2, 0.25) is 0 Å². The van der Waals surface area contributed by atoms with Crippen LogP contribution in [0.4, 0.5) is 5.69 Å². The van der Waals surface area contributed by atoms with Crippen LogP contribution >= 0.6 is 0 Å². The van der Waals surface area contributed by atoms with Crippen LogP contribution in [0, 0.1) is 0 Å². The monoisotopic (exact) mass is 340 g/mol. The van der Waals surface area contributed by atoms with Crippen LogP contribution < -0.4 is 15.4 Å². The van der Waals surface area contributed by atoms with Crippen molar-refractivity contribution in [1.29, 1.82) is 0 Å². The van der Waals surface area contributed by atoms with Crippen molar-refractivity contribution >= 4 is 11.6 Å². The number of nitrogens with one attached hydrogen (secondary N) is 2. The summed E-state index contributed by atoms with van der Waals surface area (Å²) in [5.41, 5.74) is 0.676. The minimum absolute atomic E-state index is 0.0380. The summed E-state index contributed by atoms with van der Waals surface area (Å²) in [6, 6.07) is 17.0. The lowest BCUT2D eigenvalue weighted by Crippen LogP contribution is -2.29. The van der Waals surface area contributed by atoms with Crippen molar-refractivity contribution in [3.8, 4) is 11.5 Å². The molecular formula is C20H24N2O3. The Morgan fingerprint density at radius 1 is 1.12 bits per heavy atom. The van der Waals surface area contributed by atoms with Gasteiger partial charge in [0.15, 0.2) is 5.75 Å². The third-order valence-corrected chi connectivity index (χ3v) is 4.06. The van der Waals surface area contributed by atoms with Gasteiger partial charge in [-0.1, -0.05) is 30.3 Å². The molecule has 1 fully saturated rings. The third-order valence-electron chi connectivity index (χ3n) is 4.06. The van der Waals surface area contributed by atoms with Gasteiger partial charge in [-0.05, 0) is 37.1 Å². The van der Waals surface area contributed by atoms with Crippen LogP contribution in [-0.4, -0.2) is 31.7 Å². The van der Waals surface area contributed by atoms with E-state index in [2.05, 4.69) is 10.6 Å². The Labute approximate surface area is 148 Å². The second-order valence-corrected chi connectivity index (χ2v) is 6.05. The van der Waals surface area contributed by atoms with Crippen molar-refractivity contribution in [2.45, 2.75) is 25.4 Å². The van der Waals surface area contributed by atoms with E-state index in [0.29, 0.717) is 30.5 Å². The second-order valence-electron chi connectivity index (χ2n) is 6.05. The predicted molar refractivity (Wildman–Crippen MR) is 98.0 cm³/mol. The minimum atomic E-state index is -0.0380. The summed E-state index contributed by atoms with van der Waals surface area (Å²) in [4.78, 5) is 12.2. The molecule has 2 aromatic rings. The first-order valence-electron chi connectivity index (χ1n) is 8.75. The van der Waals surface area contributed by atoms with Crippen LogP contribution in [0.15, 0.2) is 54.6 Å². The highest BCUT2D eigenvalue weighted by molar-refractivity contribution is 5.92. The van der Waals surface area contributed by atoms with Crippen molar-refractivity contribution in [2.24, 2.45) is 0 Å². The zero-order valence-corrected chi connectivity index (χ0v) is 14.2. The van der Waals surface area contributed by atoms with E-state index in [4.69, 9.17) is 9.47 Å². The molecule has 1 saturated heterocycles. The van der Waals surface area contributed by atoms with Gasteiger partial charge in [0.25, 0.3) is 0 Å². The summed E-state index contributed by atoms with van der Waals surface area (Å²) >= 11 is 0. The molecule has 0 aliphatic carbocycles. The zero-order valence-electron chi connectivity index (χ0n) is 14.2. The Bertz CT molecular complexity index is 670. The molecule has 1 aliphatic heterocycles. The van der Waals surface area contributed by atoms with Crippen LogP contribution in [0.1, 0.15) is 19.3 Å². The van der Waals surface area contributed by atoms with Crippen molar-refractivity contribution in [3.63, 3.8) is 0 Å². The molecule has 5 nitrogen and oxygen atoms in total. The number of ether oxygens (including phenoxy) is 2. The lowest BCUT2D eigenvalue weighted by Gasteiger charge is -2.13. The Kier molecular flexibility index (Phi) is 6.42. The average Bonchev–Trinajstić information content (AvgIpc) is 3.15. The van der Waals surface area contributed by atoms with Crippen LogP contribution in [0.25, 0.3) is 0 Å². The minimum Gasteiger partial charge on any atom is -0.455 e. The van der Waals surface area contributed by atoms with Crippen molar-refractivity contribution in [3.05, 3.63) is 54.6 Å². The summed E-state index contributed by atoms with van der Waals surface area (Å²) in [7, 11) is 0. The average molecular weight is 340 g/mol. The highest BCUT2D eigenvalue weighted by atomic mass is 16.5. The smallest absolute Gasteiger partial charge is 0.225 e. The van der Waals surface area contributed by atoms with Gasteiger partial charge >= 0.3 is 0 Å². The number of anilines is 1. The Hall–Kier alpha value is -2.37. The molecule has 1 aliphatic rings. The molecule has 0 spiro atoms. The van der Waals surface area contributed by atoms with Crippen molar-refractivity contribution in [2.75, 3.05) is 25.0 Å². The molecule has 25 heavy (non-hydrogen) atoms. The Balaban J connectivity index is 1.47. The predicted octanol–water partition coefficient (Wildman–Crippen LogP) is 3.58. The molecule has 0 radical (unpaired) electrons. The molecule has 0 aromatic heterocycles. The van der Waals surface area contributed by atoms with Crippen LogP contribution in [0.3, 0.4) is 0 Å². The standard InChI is InChI=1S/C20H24N2O3/c23-20(12-13-21-15-17-9-6-14-24-17)22-18-10-4-5-11-19(18)25-16-7-2-1-3-8-16/h1-5,7-8,10-11,17,21H,6,9,12-15H2,(H,22,23). The molecule has 3 rings (SSSR count). The summed E-state index contributed by atoms with van der Waals surface area (Å²) in [6.45, 7) is 2.29. The second kappa shape index (κ2) is 9.20. The van der Waals surface area contributed by atoms with Crippen LogP contribution in [-0.2, 0) is 9.53 Å². The van der Waals surface area contributed by atoms with Gasteiger partial charge < -0.3 is 20.1 Å². The van der Waals surface area contributed by atoms with Crippen molar-refractivity contribution in [1.82, 2.24) is 5.32 Å². The van der Waals surface area contributed by atoms with Crippen LogP contribution in [0.5, 0.6) is 11.5 Å². The van der Waals surface area contributed by atoms with E-state index in [9.17, 15) is 4.79 Å². The number of carbonyl (C=O) groups excluding carboxylic acids is 1. The number of para-hydroxylation sites is 3. The number of amides is 1. The maximum atomic E-state index is 12.2. The number of rotatable bonds is 8. The topological polar surface area (TPSA) is 59.6 Å². The fraction of sp³-hybridized carbons (Fsp3) is 0.350. The highest BCUT2D eigenvalue weighted by Crippen LogP contribution is 2.29. The normalized spacial score (nSPS) is 16.6. The maximum Gasteiger partial charge on any atom is 0.225 e. The molecule has 1 amide bonds. The van der Waals surface area contributed by atoms with Gasteiger partial charge in [-0.25, -0.2) is 0 Å². The summed E-state index contributed by atoms with van der Waals surface area (Å²) < 4.78 is 11.4. The van der Waals surface area contributed by atoms with E-state index in [1.165, 1.54) is 0 Å². The fourth-order valence-corrected chi connectivity index (χ4v) is 2.76. The van der Waals surface area contributed by atoms with E-state index < -0.39 is 0 Å². The molecule has 0 bridgehead atoms. The molecule has 1 atom stereocenters. The largest absolute Gasteiger partial charge is 0.455 e. The van der Waals surface area contributed by atoms with Gasteiger partial charge in [-0.15, -0.1) is 0 Å². The summed E-state index contributed by atoms with van der Waals surface area (Å²) in [5, 5.41) is 6.21. The van der Waals surface area contributed by atoms with Gasteiger partial charge in [0.1, 0.15) is 5.75 Å². The molecule has 2 aromatic carbocycles. The molecule has 132 valence electrons. The first kappa shape index (κ1) is 17.5. The molecule has 1 heterocycles. The quantitative estimate of drug-likeness (QED) is 0.721. The van der Waals surface area contributed by atoms with E-state index >= 15 is 0 Å². The van der Waals surface area contributed by atoms with Crippen molar-refractivity contribution < 1.29 is 14.3 Å². The first-order chi connectivity index (χ1) is 12.3. The van der Waals surface area contributed by atoms with Gasteiger partial charge in [0.05, 0.1) is 11.8 Å². The van der Waals surface area contributed by atoms with E-state index in [-0.39, 0.29) is 5.91 Å². The molecular weight excluding hydrogens is 316 g/mol. The van der Waals surface area contributed by atoms with Gasteiger partial charge in [-0.3, -0.25) is 4.79 Å². The molecule has 5 heteroatoms. The van der Waals surface area contributed by atoms with E-state index in [1.807, 2.05) is 54.6 Å². The number of hydrogen-bond acceptors (Lipinski definition) is 4. The number of benzene rings is 2. The lowest BCUT2D eigenvalue weighted by molar-refractivity contribution is -0.116. The highest BCUT2D eigenvalue weighted by Gasteiger charge is 2.14. The van der Waals surface area contributed by atoms with E-state index in [1.54, 1.807) is 0 Å². The van der Waals surface area contributed by atoms with Gasteiger partial charge in [-0.2, -0.15) is 0 Å². The fourth-order valence-electron chi connectivity index (χ4n) is 2.76. The van der Waals surface area contributed by atoms with E-state index in [0.717, 1.165) is 31.7 Å². The molecule has 0 saturated carbocycles. The molecule has 2 N–H and O–H groups in total. The van der Waals surface area contributed by atoms with Gasteiger partial charge in [0, 0.05) is 26.1 Å². The SMILES string of the molecule is O=C(CCNCC1CCCO1)Nc1ccccc1Oc1ccccc1. The Morgan fingerprint density at radius 3 is 2.72 bits per heavy atom. The van der Waals surface area contributed by atoms with Gasteiger partial charge in [0.2, 0.25) is 5.91 Å². The first-order valence-corrected chi connectivity index (χ1v) is 8.75. The molecule has 1 unspecified atom stereocenters. The zero-order chi connectivity index (χ0) is 17.3. The third kappa shape index (κ3) is 5.59. The maximum absolute atomic E-state index is 12.2.